The summed E-state index contributed by atoms with van der Waals surface area (Å²) in [6.07, 6.45) is 0.848. The van der Waals surface area contributed by atoms with Crippen LogP contribution in [0.5, 0.6) is 5.75 Å². The summed E-state index contributed by atoms with van der Waals surface area (Å²) < 4.78 is 5.61. The Bertz CT molecular complexity index is 455. The van der Waals surface area contributed by atoms with E-state index in [4.69, 9.17) is 4.74 Å². The summed E-state index contributed by atoms with van der Waals surface area (Å²) in [6, 6.07) is 9.73. The van der Waals surface area contributed by atoms with Crippen LogP contribution in [0.15, 0.2) is 35.3 Å². The van der Waals surface area contributed by atoms with Crippen LogP contribution in [0.4, 0.5) is 0 Å². The number of amides is 1. The first-order valence-electron chi connectivity index (χ1n) is 7.73. The molecule has 0 aromatic heterocycles. The van der Waals surface area contributed by atoms with Gasteiger partial charge in [0.25, 0.3) is 0 Å². The number of rotatable bonds is 9. The predicted octanol–water partition coefficient (Wildman–Crippen LogP) is 1.76. The molecule has 0 aliphatic heterocycles. The van der Waals surface area contributed by atoms with E-state index in [-0.39, 0.29) is 36.4 Å². The van der Waals surface area contributed by atoms with Gasteiger partial charge in [0.15, 0.2) is 5.96 Å². The molecule has 0 aliphatic carbocycles. The first-order chi connectivity index (χ1) is 10.8. The molecule has 23 heavy (non-hydrogen) atoms. The number of aliphatic imine (C=N–C) groups is 1. The van der Waals surface area contributed by atoms with Gasteiger partial charge < -0.3 is 20.7 Å². The fraction of sp³-hybridized carbons (Fsp3) is 0.500. The SMILES string of the molecule is CCNC(=O)CN=C(NCC)NCCCOc1ccccc1.I. The van der Waals surface area contributed by atoms with Gasteiger partial charge in [-0.25, -0.2) is 4.99 Å². The van der Waals surface area contributed by atoms with Crippen molar-refractivity contribution in [3.05, 3.63) is 30.3 Å². The van der Waals surface area contributed by atoms with Crippen LogP contribution in [-0.4, -0.2) is 44.7 Å². The third-order valence-electron chi connectivity index (χ3n) is 2.72. The lowest BCUT2D eigenvalue weighted by Gasteiger charge is -2.11. The monoisotopic (exact) mass is 434 g/mol. The predicted molar refractivity (Wildman–Crippen MR) is 105 cm³/mol. The van der Waals surface area contributed by atoms with Crippen molar-refractivity contribution in [2.75, 3.05) is 32.8 Å². The van der Waals surface area contributed by atoms with E-state index in [1.54, 1.807) is 0 Å². The number of hydrogen-bond acceptors (Lipinski definition) is 3. The Labute approximate surface area is 155 Å². The van der Waals surface area contributed by atoms with Crippen LogP contribution in [-0.2, 0) is 4.79 Å². The van der Waals surface area contributed by atoms with Crippen molar-refractivity contribution in [1.82, 2.24) is 16.0 Å². The van der Waals surface area contributed by atoms with Crippen LogP contribution in [0, 0.1) is 0 Å². The van der Waals surface area contributed by atoms with Gasteiger partial charge in [-0.15, -0.1) is 24.0 Å². The normalized spacial score (nSPS) is 10.4. The largest absolute Gasteiger partial charge is 0.494 e. The molecule has 0 fully saturated rings. The molecule has 0 saturated heterocycles. The summed E-state index contributed by atoms with van der Waals surface area (Å²) in [5, 5.41) is 9.01. The quantitative estimate of drug-likeness (QED) is 0.240. The maximum Gasteiger partial charge on any atom is 0.241 e. The van der Waals surface area contributed by atoms with Crippen molar-refractivity contribution in [3.63, 3.8) is 0 Å². The van der Waals surface area contributed by atoms with Crippen molar-refractivity contribution in [3.8, 4) is 5.75 Å². The molecule has 0 heterocycles. The van der Waals surface area contributed by atoms with E-state index < -0.39 is 0 Å². The van der Waals surface area contributed by atoms with Crippen LogP contribution in [0.1, 0.15) is 20.3 Å². The van der Waals surface area contributed by atoms with E-state index in [1.165, 1.54) is 0 Å². The second kappa shape index (κ2) is 14.1. The molecule has 130 valence electrons. The van der Waals surface area contributed by atoms with Crippen LogP contribution in [0.3, 0.4) is 0 Å². The van der Waals surface area contributed by atoms with E-state index in [2.05, 4.69) is 20.9 Å². The van der Waals surface area contributed by atoms with Crippen molar-refractivity contribution < 1.29 is 9.53 Å². The summed E-state index contributed by atoms with van der Waals surface area (Å²) in [6.45, 7) is 6.74. The highest BCUT2D eigenvalue weighted by Gasteiger charge is 2.00. The van der Waals surface area contributed by atoms with Crippen molar-refractivity contribution in [1.29, 1.82) is 0 Å². The number of nitrogens with zero attached hydrogens (tertiary/aromatic N) is 1. The zero-order valence-corrected chi connectivity index (χ0v) is 16.1. The minimum Gasteiger partial charge on any atom is -0.494 e. The first-order valence-corrected chi connectivity index (χ1v) is 7.73. The van der Waals surface area contributed by atoms with Gasteiger partial charge in [0.05, 0.1) is 6.61 Å². The average molecular weight is 434 g/mol. The molecule has 1 rings (SSSR count). The minimum atomic E-state index is -0.0767. The highest BCUT2D eigenvalue weighted by Crippen LogP contribution is 2.07. The molecule has 0 aliphatic rings. The number of benzene rings is 1. The van der Waals surface area contributed by atoms with E-state index in [0.29, 0.717) is 19.1 Å². The number of likely N-dealkylation sites (N-methyl/N-ethyl adjacent to an activating group) is 1. The molecule has 0 bridgehead atoms. The topological polar surface area (TPSA) is 74.8 Å². The molecular weight excluding hydrogens is 407 g/mol. The van der Waals surface area contributed by atoms with Gasteiger partial charge in [0, 0.05) is 19.6 Å². The standard InChI is InChI=1S/C16H26N4O2.HI/c1-3-17-15(21)13-20-16(18-4-2)19-11-8-12-22-14-9-6-5-7-10-14;/h5-7,9-10H,3-4,8,11-13H2,1-2H3,(H,17,21)(H2,18,19,20);1H. The third-order valence-corrected chi connectivity index (χ3v) is 2.72. The lowest BCUT2D eigenvalue weighted by Crippen LogP contribution is -2.39. The zero-order valence-electron chi connectivity index (χ0n) is 13.8. The fourth-order valence-electron chi connectivity index (χ4n) is 1.73. The second-order valence-corrected chi connectivity index (χ2v) is 4.59. The van der Waals surface area contributed by atoms with Gasteiger partial charge in [0.2, 0.25) is 5.91 Å². The van der Waals surface area contributed by atoms with Gasteiger partial charge in [0.1, 0.15) is 12.3 Å². The minimum absolute atomic E-state index is 0. The average Bonchev–Trinajstić information content (AvgIpc) is 2.53. The molecule has 6 nitrogen and oxygen atoms in total. The van der Waals surface area contributed by atoms with Crippen molar-refractivity contribution in [2.45, 2.75) is 20.3 Å². The number of carbonyl (C=O) groups is 1. The summed E-state index contributed by atoms with van der Waals surface area (Å²) in [5.41, 5.74) is 0. The summed E-state index contributed by atoms with van der Waals surface area (Å²) >= 11 is 0. The molecular formula is C16H27IN4O2. The molecule has 0 radical (unpaired) electrons. The number of carbonyl (C=O) groups excluding carboxylic acids is 1. The second-order valence-electron chi connectivity index (χ2n) is 4.59. The third kappa shape index (κ3) is 10.8. The zero-order chi connectivity index (χ0) is 16.0. The van der Waals surface area contributed by atoms with Gasteiger partial charge >= 0.3 is 0 Å². The first kappa shape index (κ1) is 21.5. The van der Waals surface area contributed by atoms with E-state index in [1.807, 2.05) is 44.2 Å². The molecule has 1 aromatic carbocycles. The number of guanidine groups is 1. The lowest BCUT2D eigenvalue weighted by molar-refractivity contribution is -0.119. The highest BCUT2D eigenvalue weighted by molar-refractivity contribution is 14.0. The van der Waals surface area contributed by atoms with Crippen LogP contribution in [0.25, 0.3) is 0 Å². The number of ether oxygens (including phenoxy) is 1. The van der Waals surface area contributed by atoms with Gasteiger partial charge in [-0.3, -0.25) is 4.79 Å². The Kier molecular flexibility index (Phi) is 13.2. The maximum atomic E-state index is 11.4. The molecule has 1 amide bonds. The smallest absolute Gasteiger partial charge is 0.241 e. The van der Waals surface area contributed by atoms with Crippen LogP contribution >= 0.6 is 24.0 Å². The summed E-state index contributed by atoms with van der Waals surface area (Å²) in [4.78, 5) is 15.6. The Balaban J connectivity index is 0.00000484. The van der Waals surface area contributed by atoms with Crippen molar-refractivity contribution >= 4 is 35.8 Å². The molecule has 0 spiro atoms. The maximum absolute atomic E-state index is 11.4. The van der Waals surface area contributed by atoms with Crippen LogP contribution < -0.4 is 20.7 Å². The molecule has 7 heteroatoms. The van der Waals surface area contributed by atoms with E-state index in [9.17, 15) is 4.79 Å². The molecule has 0 unspecified atom stereocenters. The molecule has 1 aromatic rings. The number of hydrogen-bond donors (Lipinski definition) is 3. The molecule has 3 N–H and O–H groups in total. The fourth-order valence-corrected chi connectivity index (χ4v) is 1.73. The van der Waals surface area contributed by atoms with Crippen LogP contribution in [0.2, 0.25) is 0 Å². The summed E-state index contributed by atoms with van der Waals surface area (Å²) in [7, 11) is 0. The Morgan fingerprint density at radius 1 is 1.09 bits per heavy atom. The van der Waals surface area contributed by atoms with E-state index in [0.717, 1.165) is 25.3 Å². The van der Waals surface area contributed by atoms with Gasteiger partial charge in [-0.2, -0.15) is 0 Å². The number of para-hydroxylation sites is 1. The number of nitrogens with one attached hydrogen (secondary N) is 3. The van der Waals surface area contributed by atoms with Gasteiger partial charge in [-0.05, 0) is 32.4 Å². The van der Waals surface area contributed by atoms with E-state index >= 15 is 0 Å². The molecule has 0 saturated carbocycles. The Hall–Kier alpha value is -1.51. The highest BCUT2D eigenvalue weighted by atomic mass is 127. The van der Waals surface area contributed by atoms with Gasteiger partial charge in [-0.1, -0.05) is 18.2 Å². The molecule has 0 atom stereocenters. The summed E-state index contributed by atoms with van der Waals surface area (Å²) in [5.74, 6) is 1.44. The lowest BCUT2D eigenvalue weighted by atomic mass is 10.3. The Morgan fingerprint density at radius 3 is 2.43 bits per heavy atom. The van der Waals surface area contributed by atoms with Crippen molar-refractivity contribution in [2.24, 2.45) is 4.99 Å². The Morgan fingerprint density at radius 2 is 1.78 bits per heavy atom. The number of halogens is 1.